The fraction of sp³-hybridized carbons (Fsp3) is 0.154. The van der Waals surface area contributed by atoms with Gasteiger partial charge in [-0.3, -0.25) is 9.59 Å². The van der Waals surface area contributed by atoms with Crippen LogP contribution in [0.3, 0.4) is 0 Å². The van der Waals surface area contributed by atoms with Crippen molar-refractivity contribution in [2.75, 3.05) is 0 Å². The molecule has 0 fully saturated rings. The van der Waals surface area contributed by atoms with E-state index in [1.807, 2.05) is 0 Å². The summed E-state index contributed by atoms with van der Waals surface area (Å²) >= 11 is 11.8. The molecule has 0 bridgehead atoms. The van der Waals surface area contributed by atoms with Gasteiger partial charge in [-0.05, 0) is 12.1 Å². The van der Waals surface area contributed by atoms with Crippen LogP contribution in [0.1, 0.15) is 27.4 Å². The molecule has 1 aromatic carbocycles. The van der Waals surface area contributed by atoms with E-state index in [0.29, 0.717) is 0 Å². The lowest BCUT2D eigenvalue weighted by Gasteiger charge is -2.04. The average Bonchev–Trinajstić information content (AvgIpc) is 2.79. The van der Waals surface area contributed by atoms with Crippen LogP contribution in [-0.2, 0) is 7.05 Å². The summed E-state index contributed by atoms with van der Waals surface area (Å²) in [5, 5.41) is 0.457. The van der Waals surface area contributed by atoms with Gasteiger partial charge in [0.2, 0.25) is 5.78 Å². The Morgan fingerprint density at radius 2 is 2.00 bits per heavy atom. The van der Waals surface area contributed by atoms with E-state index in [1.165, 1.54) is 6.20 Å². The maximum absolute atomic E-state index is 12.0. The number of halogens is 2. The molecule has 2 aromatic rings. The number of Topliss-reactive ketones (excluding diaryl/α,β-unsaturated/α-hetero) is 2. The summed E-state index contributed by atoms with van der Waals surface area (Å²) in [5.41, 5.74) is 0.247. The zero-order valence-electron chi connectivity index (χ0n) is 10.1. The summed E-state index contributed by atoms with van der Waals surface area (Å²) in [6.45, 7) is 0. The molecule has 0 aliphatic carbocycles. The lowest BCUT2D eigenvalue weighted by atomic mass is 10.1. The highest BCUT2D eigenvalue weighted by Gasteiger charge is 2.19. The van der Waals surface area contributed by atoms with Gasteiger partial charge in [0.25, 0.3) is 0 Å². The number of carbonyl (C=O) groups excluding carboxylic acids is 2. The van der Waals surface area contributed by atoms with Crippen molar-refractivity contribution in [3.05, 3.63) is 52.0 Å². The number of hydrogen-bond donors (Lipinski definition) is 0. The molecule has 0 N–H and O–H groups in total. The van der Waals surface area contributed by atoms with E-state index in [4.69, 9.17) is 23.2 Å². The van der Waals surface area contributed by atoms with E-state index >= 15 is 0 Å². The quantitative estimate of drug-likeness (QED) is 0.643. The van der Waals surface area contributed by atoms with Crippen molar-refractivity contribution in [3.63, 3.8) is 0 Å². The molecule has 0 amide bonds. The highest BCUT2D eigenvalue weighted by atomic mass is 35.5. The first-order valence-electron chi connectivity index (χ1n) is 5.48. The highest BCUT2D eigenvalue weighted by molar-refractivity contribution is 6.44. The topological polar surface area (TPSA) is 52.0 Å². The van der Waals surface area contributed by atoms with Crippen LogP contribution in [0.25, 0.3) is 0 Å². The summed E-state index contributed by atoms with van der Waals surface area (Å²) in [4.78, 5) is 27.9. The minimum Gasteiger partial charge on any atom is -0.332 e. The van der Waals surface area contributed by atoms with Gasteiger partial charge in [0.05, 0.1) is 16.5 Å². The van der Waals surface area contributed by atoms with E-state index in [-0.39, 0.29) is 39.4 Å². The van der Waals surface area contributed by atoms with Crippen LogP contribution in [0.5, 0.6) is 0 Å². The number of aryl methyl sites for hydroxylation is 1. The van der Waals surface area contributed by atoms with E-state index in [0.717, 1.165) is 0 Å². The van der Waals surface area contributed by atoms with E-state index in [9.17, 15) is 9.59 Å². The molecule has 4 nitrogen and oxygen atoms in total. The molecule has 0 spiro atoms. The number of nitrogens with zero attached hydrogens (tertiary/aromatic N) is 2. The second-order valence-corrected chi connectivity index (χ2v) is 4.77. The number of carbonyl (C=O) groups is 2. The van der Waals surface area contributed by atoms with Crippen LogP contribution < -0.4 is 0 Å². The standard InChI is InChI=1S/C13H10Cl2N2O2/c1-17-6-5-16-13(17)11(19)7-10(18)8-3-2-4-9(14)12(8)15/h2-6H,7H2,1H3. The van der Waals surface area contributed by atoms with Crippen LogP contribution in [0.15, 0.2) is 30.6 Å². The summed E-state index contributed by atoms with van der Waals surface area (Å²) < 4.78 is 1.56. The fourth-order valence-corrected chi connectivity index (χ4v) is 2.08. The Morgan fingerprint density at radius 1 is 1.26 bits per heavy atom. The summed E-state index contributed by atoms with van der Waals surface area (Å²) in [5.74, 6) is -0.486. The Morgan fingerprint density at radius 3 is 2.63 bits per heavy atom. The largest absolute Gasteiger partial charge is 0.332 e. The molecule has 0 unspecified atom stereocenters. The third-order valence-electron chi connectivity index (χ3n) is 2.64. The smallest absolute Gasteiger partial charge is 0.205 e. The van der Waals surface area contributed by atoms with Gasteiger partial charge in [-0.25, -0.2) is 4.98 Å². The Hall–Kier alpha value is -1.65. The molecule has 1 aromatic heterocycles. The van der Waals surface area contributed by atoms with Crippen LogP contribution in [0.2, 0.25) is 10.0 Å². The molecule has 1 heterocycles. The number of aromatic nitrogens is 2. The van der Waals surface area contributed by atoms with Crippen LogP contribution >= 0.6 is 23.2 Å². The molecular weight excluding hydrogens is 287 g/mol. The number of rotatable bonds is 4. The average molecular weight is 297 g/mol. The van der Waals surface area contributed by atoms with Gasteiger partial charge in [0.1, 0.15) is 0 Å². The molecule has 19 heavy (non-hydrogen) atoms. The van der Waals surface area contributed by atoms with Crippen LogP contribution in [0, 0.1) is 0 Å². The molecular formula is C13H10Cl2N2O2. The predicted octanol–water partition coefficient (Wildman–Crippen LogP) is 3.18. The Kier molecular flexibility index (Phi) is 4.02. The van der Waals surface area contributed by atoms with Crippen molar-refractivity contribution < 1.29 is 9.59 Å². The molecule has 0 aliphatic rings. The zero-order valence-corrected chi connectivity index (χ0v) is 11.6. The zero-order chi connectivity index (χ0) is 14.0. The minimum absolute atomic E-state index is 0.168. The van der Waals surface area contributed by atoms with Crippen LogP contribution in [0.4, 0.5) is 0 Å². The summed E-state index contributed by atoms with van der Waals surface area (Å²) in [7, 11) is 1.69. The summed E-state index contributed by atoms with van der Waals surface area (Å²) in [6.07, 6.45) is 2.86. The van der Waals surface area contributed by atoms with Crippen molar-refractivity contribution in [1.29, 1.82) is 0 Å². The first-order valence-corrected chi connectivity index (χ1v) is 6.24. The minimum atomic E-state index is -0.375. The lowest BCUT2D eigenvalue weighted by molar-refractivity contribution is 0.0887. The molecule has 0 aliphatic heterocycles. The van der Waals surface area contributed by atoms with Crippen molar-refractivity contribution >= 4 is 34.8 Å². The van der Waals surface area contributed by atoms with Gasteiger partial charge in [0.15, 0.2) is 11.6 Å². The molecule has 0 saturated carbocycles. The van der Waals surface area contributed by atoms with Crippen molar-refractivity contribution in [1.82, 2.24) is 9.55 Å². The third kappa shape index (κ3) is 2.85. The summed E-state index contributed by atoms with van der Waals surface area (Å²) in [6, 6.07) is 4.75. The maximum atomic E-state index is 12.0. The van der Waals surface area contributed by atoms with Crippen molar-refractivity contribution in [2.24, 2.45) is 7.05 Å². The first-order chi connectivity index (χ1) is 9.00. The molecule has 2 rings (SSSR count). The third-order valence-corrected chi connectivity index (χ3v) is 3.46. The number of benzene rings is 1. The van der Waals surface area contributed by atoms with Gasteiger partial charge in [-0.2, -0.15) is 0 Å². The lowest BCUT2D eigenvalue weighted by Crippen LogP contribution is -2.13. The second kappa shape index (κ2) is 5.55. The van der Waals surface area contributed by atoms with Gasteiger partial charge >= 0.3 is 0 Å². The molecule has 0 radical (unpaired) electrons. The van der Waals surface area contributed by atoms with E-state index in [2.05, 4.69) is 4.98 Å². The first kappa shape index (κ1) is 13.8. The number of hydrogen-bond acceptors (Lipinski definition) is 3. The highest BCUT2D eigenvalue weighted by Crippen LogP contribution is 2.26. The van der Waals surface area contributed by atoms with Gasteiger partial charge in [-0.15, -0.1) is 0 Å². The van der Waals surface area contributed by atoms with Gasteiger partial charge in [-0.1, -0.05) is 29.3 Å². The molecule has 6 heteroatoms. The molecule has 0 saturated heterocycles. The second-order valence-electron chi connectivity index (χ2n) is 3.99. The van der Waals surface area contributed by atoms with Gasteiger partial charge < -0.3 is 4.57 Å². The molecule has 0 atom stereocenters. The van der Waals surface area contributed by atoms with Crippen molar-refractivity contribution in [3.8, 4) is 0 Å². The Balaban J connectivity index is 2.20. The van der Waals surface area contributed by atoms with E-state index in [1.54, 1.807) is 36.0 Å². The fourth-order valence-electron chi connectivity index (χ4n) is 1.67. The Bertz CT molecular complexity index is 650. The monoisotopic (exact) mass is 296 g/mol. The molecule has 98 valence electrons. The number of ketones is 2. The van der Waals surface area contributed by atoms with Crippen molar-refractivity contribution in [2.45, 2.75) is 6.42 Å². The predicted molar refractivity (Wildman–Crippen MR) is 72.9 cm³/mol. The maximum Gasteiger partial charge on any atom is 0.205 e. The SMILES string of the molecule is Cn1ccnc1C(=O)CC(=O)c1cccc(Cl)c1Cl. The van der Waals surface area contributed by atoms with Crippen LogP contribution in [-0.4, -0.2) is 21.1 Å². The number of imidazole rings is 1. The van der Waals surface area contributed by atoms with E-state index < -0.39 is 0 Å². The van der Waals surface area contributed by atoms with Gasteiger partial charge in [0, 0.05) is 25.0 Å². The normalized spacial score (nSPS) is 10.5. The Labute approximate surface area is 120 Å².